The molecule has 0 radical (unpaired) electrons. The normalized spacial score (nSPS) is 38.4. The SMILES string of the molecule is CNC1(C#N)CCCC1CCN1CCC(C)C1. The zero-order valence-electron chi connectivity index (χ0n) is 11.2. The Kier molecular flexibility index (Phi) is 4.06. The summed E-state index contributed by atoms with van der Waals surface area (Å²) < 4.78 is 0. The molecule has 3 nitrogen and oxygen atoms in total. The quantitative estimate of drug-likeness (QED) is 0.810. The Bertz CT molecular complexity index is 296. The molecule has 0 spiro atoms. The summed E-state index contributed by atoms with van der Waals surface area (Å²) in [5, 5.41) is 12.7. The molecule has 0 aromatic heterocycles. The maximum absolute atomic E-state index is 9.39. The fourth-order valence-corrected chi connectivity index (χ4v) is 3.57. The van der Waals surface area contributed by atoms with Crippen molar-refractivity contribution in [1.29, 1.82) is 5.26 Å². The highest BCUT2D eigenvalue weighted by Crippen LogP contribution is 2.37. The molecule has 1 aliphatic carbocycles. The first-order valence-corrected chi connectivity index (χ1v) is 7.02. The lowest BCUT2D eigenvalue weighted by Crippen LogP contribution is -2.45. The van der Waals surface area contributed by atoms with Gasteiger partial charge in [-0.3, -0.25) is 0 Å². The minimum Gasteiger partial charge on any atom is -0.303 e. The second-order valence-corrected chi connectivity index (χ2v) is 5.91. The summed E-state index contributed by atoms with van der Waals surface area (Å²) in [4.78, 5) is 2.57. The number of hydrogen-bond donors (Lipinski definition) is 1. The molecule has 0 bridgehead atoms. The highest BCUT2D eigenvalue weighted by atomic mass is 15.1. The van der Waals surface area contributed by atoms with Crippen LogP contribution in [0.15, 0.2) is 0 Å². The summed E-state index contributed by atoms with van der Waals surface area (Å²) in [6.07, 6.45) is 5.98. The highest BCUT2D eigenvalue weighted by Gasteiger charge is 2.41. The number of rotatable bonds is 4. The fourth-order valence-electron chi connectivity index (χ4n) is 3.57. The van der Waals surface area contributed by atoms with Crippen molar-refractivity contribution in [3.63, 3.8) is 0 Å². The molecular weight excluding hydrogens is 210 g/mol. The Balaban J connectivity index is 1.84. The van der Waals surface area contributed by atoms with Crippen molar-refractivity contribution in [2.75, 3.05) is 26.7 Å². The summed E-state index contributed by atoms with van der Waals surface area (Å²) in [7, 11) is 1.94. The Hall–Kier alpha value is -0.590. The predicted molar refractivity (Wildman–Crippen MR) is 69.6 cm³/mol. The van der Waals surface area contributed by atoms with E-state index in [4.69, 9.17) is 0 Å². The summed E-state index contributed by atoms with van der Waals surface area (Å²) in [5.41, 5.74) is -0.231. The van der Waals surface area contributed by atoms with E-state index in [0.717, 1.165) is 12.3 Å². The zero-order valence-corrected chi connectivity index (χ0v) is 11.2. The Morgan fingerprint density at radius 1 is 1.47 bits per heavy atom. The number of nitrogens with zero attached hydrogens (tertiary/aromatic N) is 2. The molecule has 1 saturated carbocycles. The minimum absolute atomic E-state index is 0.231. The maximum Gasteiger partial charge on any atom is 0.109 e. The molecule has 2 rings (SSSR count). The Labute approximate surface area is 105 Å². The zero-order chi connectivity index (χ0) is 12.3. The molecule has 0 amide bonds. The number of nitrogens with one attached hydrogen (secondary N) is 1. The number of likely N-dealkylation sites (tertiary alicyclic amines) is 1. The van der Waals surface area contributed by atoms with E-state index in [2.05, 4.69) is 23.2 Å². The van der Waals surface area contributed by atoms with Gasteiger partial charge >= 0.3 is 0 Å². The van der Waals surface area contributed by atoms with E-state index in [1.54, 1.807) is 0 Å². The van der Waals surface area contributed by atoms with Crippen molar-refractivity contribution in [3.8, 4) is 6.07 Å². The summed E-state index contributed by atoms with van der Waals surface area (Å²) in [6.45, 7) is 6.03. The number of hydrogen-bond acceptors (Lipinski definition) is 3. The van der Waals surface area contributed by atoms with Gasteiger partial charge < -0.3 is 10.2 Å². The van der Waals surface area contributed by atoms with E-state index in [0.29, 0.717) is 5.92 Å². The summed E-state index contributed by atoms with van der Waals surface area (Å²) >= 11 is 0. The second kappa shape index (κ2) is 5.37. The van der Waals surface area contributed by atoms with Crippen LogP contribution in [0.2, 0.25) is 0 Å². The van der Waals surface area contributed by atoms with Gasteiger partial charge in [-0.25, -0.2) is 0 Å². The molecular formula is C14H25N3. The van der Waals surface area contributed by atoms with Gasteiger partial charge in [0.25, 0.3) is 0 Å². The van der Waals surface area contributed by atoms with Gasteiger partial charge in [0, 0.05) is 6.54 Å². The van der Waals surface area contributed by atoms with Gasteiger partial charge in [-0.1, -0.05) is 13.3 Å². The first-order chi connectivity index (χ1) is 8.20. The van der Waals surface area contributed by atoms with E-state index in [1.165, 1.54) is 45.3 Å². The Morgan fingerprint density at radius 2 is 2.29 bits per heavy atom. The standard InChI is InChI=1S/C14H25N3/c1-12-5-8-17(10-12)9-6-13-4-3-7-14(13,11-15)16-2/h12-13,16H,3-10H2,1-2H3. The van der Waals surface area contributed by atoms with Crippen LogP contribution in [0.25, 0.3) is 0 Å². The van der Waals surface area contributed by atoms with Crippen LogP contribution in [0, 0.1) is 23.2 Å². The molecule has 0 aromatic rings. The van der Waals surface area contributed by atoms with Gasteiger partial charge in [0.1, 0.15) is 5.54 Å². The molecule has 1 N–H and O–H groups in total. The first-order valence-electron chi connectivity index (χ1n) is 7.02. The van der Waals surface area contributed by atoms with Crippen LogP contribution in [-0.2, 0) is 0 Å². The van der Waals surface area contributed by atoms with Gasteiger partial charge in [0.2, 0.25) is 0 Å². The lowest BCUT2D eigenvalue weighted by Gasteiger charge is -2.29. The maximum atomic E-state index is 9.39. The van der Waals surface area contributed by atoms with Crippen molar-refractivity contribution in [1.82, 2.24) is 10.2 Å². The monoisotopic (exact) mass is 235 g/mol. The van der Waals surface area contributed by atoms with Crippen molar-refractivity contribution < 1.29 is 0 Å². The molecule has 1 saturated heterocycles. The minimum atomic E-state index is -0.231. The molecule has 3 heteroatoms. The van der Waals surface area contributed by atoms with Gasteiger partial charge in [0.05, 0.1) is 6.07 Å². The van der Waals surface area contributed by atoms with Crippen molar-refractivity contribution in [3.05, 3.63) is 0 Å². The van der Waals surface area contributed by atoms with Gasteiger partial charge in [0.15, 0.2) is 0 Å². The predicted octanol–water partition coefficient (Wildman–Crippen LogP) is 2.00. The van der Waals surface area contributed by atoms with Crippen LogP contribution in [0.5, 0.6) is 0 Å². The third-order valence-corrected chi connectivity index (χ3v) is 4.77. The van der Waals surface area contributed by atoms with Crippen molar-refractivity contribution in [2.24, 2.45) is 11.8 Å². The third kappa shape index (κ3) is 2.64. The number of nitriles is 1. The summed E-state index contributed by atoms with van der Waals surface area (Å²) in [6, 6.07) is 2.53. The van der Waals surface area contributed by atoms with Gasteiger partial charge in [-0.15, -0.1) is 0 Å². The molecule has 1 heterocycles. The van der Waals surface area contributed by atoms with E-state index >= 15 is 0 Å². The smallest absolute Gasteiger partial charge is 0.109 e. The molecule has 0 aromatic carbocycles. The fraction of sp³-hybridized carbons (Fsp3) is 0.929. The summed E-state index contributed by atoms with van der Waals surface area (Å²) in [5.74, 6) is 1.41. The Morgan fingerprint density at radius 3 is 2.88 bits per heavy atom. The van der Waals surface area contributed by atoms with Gasteiger partial charge in [-0.2, -0.15) is 5.26 Å². The van der Waals surface area contributed by atoms with Crippen LogP contribution in [0.3, 0.4) is 0 Å². The van der Waals surface area contributed by atoms with E-state index in [9.17, 15) is 5.26 Å². The van der Waals surface area contributed by atoms with Crippen LogP contribution in [-0.4, -0.2) is 37.1 Å². The van der Waals surface area contributed by atoms with Crippen molar-refractivity contribution in [2.45, 2.75) is 44.6 Å². The van der Waals surface area contributed by atoms with Crippen LogP contribution in [0.4, 0.5) is 0 Å². The lowest BCUT2D eigenvalue weighted by atomic mass is 9.86. The van der Waals surface area contributed by atoms with Crippen LogP contribution >= 0.6 is 0 Å². The highest BCUT2D eigenvalue weighted by molar-refractivity contribution is 5.13. The van der Waals surface area contributed by atoms with Crippen LogP contribution < -0.4 is 5.32 Å². The van der Waals surface area contributed by atoms with E-state index in [-0.39, 0.29) is 5.54 Å². The first kappa shape index (κ1) is 12.9. The molecule has 1 aliphatic heterocycles. The third-order valence-electron chi connectivity index (χ3n) is 4.77. The van der Waals surface area contributed by atoms with Crippen molar-refractivity contribution >= 4 is 0 Å². The molecule has 2 aliphatic rings. The molecule has 3 unspecified atom stereocenters. The molecule has 3 atom stereocenters. The van der Waals surface area contributed by atoms with Gasteiger partial charge in [-0.05, 0) is 57.7 Å². The second-order valence-electron chi connectivity index (χ2n) is 5.91. The topological polar surface area (TPSA) is 39.1 Å². The average molecular weight is 235 g/mol. The molecule has 96 valence electrons. The largest absolute Gasteiger partial charge is 0.303 e. The molecule has 2 fully saturated rings. The lowest BCUT2D eigenvalue weighted by molar-refractivity contribution is 0.254. The molecule has 17 heavy (non-hydrogen) atoms. The van der Waals surface area contributed by atoms with E-state index < -0.39 is 0 Å². The van der Waals surface area contributed by atoms with E-state index in [1.807, 2.05) is 7.05 Å². The van der Waals surface area contributed by atoms with Crippen LogP contribution in [0.1, 0.15) is 39.0 Å². The average Bonchev–Trinajstić information content (AvgIpc) is 2.93.